The molecule has 0 unspecified atom stereocenters. The van der Waals surface area contributed by atoms with Gasteiger partial charge in [0.25, 0.3) is 0 Å². The fraction of sp³-hybridized carbons (Fsp3) is 0.588. The highest BCUT2D eigenvalue weighted by Crippen LogP contribution is 2.24. The summed E-state index contributed by atoms with van der Waals surface area (Å²) in [6.45, 7) is 3.14. The Morgan fingerprint density at radius 3 is 2.82 bits per heavy atom. The Hall–Kier alpha value is -1.59. The highest BCUT2D eigenvalue weighted by atomic mass is 16.5. The number of carbonyl (C=O) groups excluding carboxylic acids is 1. The lowest BCUT2D eigenvalue weighted by Crippen LogP contribution is -2.28. The Morgan fingerprint density at radius 2 is 2.05 bits per heavy atom. The summed E-state index contributed by atoms with van der Waals surface area (Å²) in [4.78, 5) is 12.1. The van der Waals surface area contributed by atoms with Crippen molar-refractivity contribution in [2.75, 3.05) is 38.7 Å². The number of methoxy groups -OCH3 is 1. The monoisotopic (exact) mass is 306 g/mol. The number of hydrogen-bond acceptors (Lipinski definition) is 4. The van der Waals surface area contributed by atoms with Gasteiger partial charge in [-0.25, -0.2) is 0 Å². The minimum absolute atomic E-state index is 0.0568. The average molecular weight is 306 g/mol. The normalized spacial score (nSPS) is 15.5. The van der Waals surface area contributed by atoms with E-state index in [1.807, 2.05) is 24.3 Å². The van der Waals surface area contributed by atoms with Crippen LogP contribution in [0.15, 0.2) is 24.3 Å². The van der Waals surface area contributed by atoms with Crippen molar-refractivity contribution >= 4 is 11.6 Å². The quantitative estimate of drug-likeness (QED) is 0.724. The van der Waals surface area contributed by atoms with E-state index in [-0.39, 0.29) is 5.91 Å². The largest absolute Gasteiger partial charge is 0.489 e. The second-order valence-corrected chi connectivity index (χ2v) is 5.62. The van der Waals surface area contributed by atoms with Crippen molar-refractivity contribution in [1.82, 2.24) is 5.32 Å². The van der Waals surface area contributed by atoms with E-state index in [2.05, 4.69) is 10.6 Å². The van der Waals surface area contributed by atoms with Crippen molar-refractivity contribution in [1.29, 1.82) is 0 Å². The number of anilines is 1. The van der Waals surface area contributed by atoms with Crippen LogP contribution in [-0.4, -0.2) is 39.3 Å². The maximum Gasteiger partial charge on any atom is 0.224 e. The average Bonchev–Trinajstić information content (AvgIpc) is 2.56. The van der Waals surface area contributed by atoms with Crippen molar-refractivity contribution in [3.05, 3.63) is 24.3 Å². The van der Waals surface area contributed by atoms with Gasteiger partial charge in [-0.05, 0) is 50.4 Å². The van der Waals surface area contributed by atoms with Crippen molar-refractivity contribution in [3.63, 3.8) is 0 Å². The summed E-state index contributed by atoms with van der Waals surface area (Å²) in [5.74, 6) is 1.41. The summed E-state index contributed by atoms with van der Waals surface area (Å²) in [5, 5.41) is 6.30. The number of amides is 1. The highest BCUT2D eigenvalue weighted by Gasteiger charge is 2.15. The van der Waals surface area contributed by atoms with Gasteiger partial charge in [-0.1, -0.05) is 12.1 Å². The molecular formula is C17H26N2O3. The van der Waals surface area contributed by atoms with Gasteiger partial charge < -0.3 is 20.1 Å². The van der Waals surface area contributed by atoms with E-state index in [0.717, 1.165) is 25.2 Å². The lowest BCUT2D eigenvalue weighted by molar-refractivity contribution is -0.116. The van der Waals surface area contributed by atoms with Crippen LogP contribution in [0, 0.1) is 5.92 Å². The molecule has 2 rings (SSSR count). The number of carbonyl (C=O) groups is 1. The van der Waals surface area contributed by atoms with Gasteiger partial charge >= 0.3 is 0 Å². The van der Waals surface area contributed by atoms with E-state index < -0.39 is 0 Å². The second-order valence-electron chi connectivity index (χ2n) is 5.62. The number of nitrogens with one attached hydrogen (secondary N) is 2. The number of hydrogen-bond donors (Lipinski definition) is 2. The standard InChI is InChI=1S/C17H26N2O3/c1-21-12-13-22-16-5-3-2-4-15(16)19-17(20)7-6-14-8-10-18-11-9-14/h2-5,14,18H,6-13H2,1H3,(H,19,20). The van der Waals surface area contributed by atoms with Crippen molar-refractivity contribution in [2.45, 2.75) is 25.7 Å². The molecule has 1 aliphatic heterocycles. The lowest BCUT2D eigenvalue weighted by Gasteiger charge is -2.22. The number of rotatable bonds is 8. The van der Waals surface area contributed by atoms with Crippen LogP contribution in [0.25, 0.3) is 0 Å². The van der Waals surface area contributed by atoms with Gasteiger partial charge in [-0.3, -0.25) is 4.79 Å². The zero-order valence-electron chi connectivity index (χ0n) is 13.3. The first-order chi connectivity index (χ1) is 10.8. The van der Waals surface area contributed by atoms with E-state index in [1.165, 1.54) is 12.8 Å². The van der Waals surface area contributed by atoms with E-state index in [4.69, 9.17) is 9.47 Å². The van der Waals surface area contributed by atoms with Gasteiger partial charge in [0.05, 0.1) is 12.3 Å². The van der Waals surface area contributed by atoms with Crippen LogP contribution in [0.1, 0.15) is 25.7 Å². The molecule has 0 spiro atoms. The molecule has 0 radical (unpaired) electrons. The molecule has 1 saturated heterocycles. The maximum absolute atomic E-state index is 12.1. The van der Waals surface area contributed by atoms with Crippen LogP contribution in [0.4, 0.5) is 5.69 Å². The van der Waals surface area contributed by atoms with Crippen molar-refractivity contribution in [2.24, 2.45) is 5.92 Å². The van der Waals surface area contributed by atoms with Gasteiger partial charge in [-0.2, -0.15) is 0 Å². The number of para-hydroxylation sites is 2. The summed E-state index contributed by atoms with van der Waals surface area (Å²) in [5.41, 5.74) is 0.730. The van der Waals surface area contributed by atoms with Crippen LogP contribution in [0.3, 0.4) is 0 Å². The highest BCUT2D eigenvalue weighted by molar-refractivity contribution is 5.92. The fourth-order valence-electron chi connectivity index (χ4n) is 2.65. The molecule has 5 heteroatoms. The van der Waals surface area contributed by atoms with Gasteiger partial charge in [0.1, 0.15) is 12.4 Å². The molecule has 1 heterocycles. The second kappa shape index (κ2) is 9.43. The van der Waals surface area contributed by atoms with Gasteiger partial charge in [0.15, 0.2) is 0 Å². The minimum Gasteiger partial charge on any atom is -0.489 e. The predicted molar refractivity (Wildman–Crippen MR) is 87.3 cm³/mol. The molecule has 2 N–H and O–H groups in total. The van der Waals surface area contributed by atoms with Crippen LogP contribution in [0.2, 0.25) is 0 Å². The molecule has 0 aliphatic carbocycles. The predicted octanol–water partition coefficient (Wildman–Crippen LogP) is 2.43. The van der Waals surface area contributed by atoms with E-state index in [1.54, 1.807) is 7.11 Å². The zero-order valence-corrected chi connectivity index (χ0v) is 13.3. The third-order valence-electron chi connectivity index (χ3n) is 3.94. The van der Waals surface area contributed by atoms with Crippen LogP contribution in [0.5, 0.6) is 5.75 Å². The third-order valence-corrected chi connectivity index (χ3v) is 3.94. The van der Waals surface area contributed by atoms with E-state index in [0.29, 0.717) is 31.3 Å². The molecule has 1 aliphatic rings. The lowest BCUT2D eigenvalue weighted by atomic mass is 9.93. The molecule has 22 heavy (non-hydrogen) atoms. The number of piperidine rings is 1. The van der Waals surface area contributed by atoms with Crippen molar-refractivity contribution in [3.8, 4) is 5.75 Å². The van der Waals surface area contributed by atoms with Gasteiger partial charge in [0.2, 0.25) is 5.91 Å². The molecule has 0 bridgehead atoms. The Balaban J connectivity index is 1.79. The van der Waals surface area contributed by atoms with E-state index >= 15 is 0 Å². The summed E-state index contributed by atoms with van der Waals surface area (Å²) in [7, 11) is 1.64. The zero-order chi connectivity index (χ0) is 15.6. The van der Waals surface area contributed by atoms with Crippen LogP contribution in [-0.2, 0) is 9.53 Å². The number of benzene rings is 1. The first kappa shape index (κ1) is 16.8. The minimum atomic E-state index is 0.0568. The molecule has 122 valence electrons. The number of ether oxygens (including phenoxy) is 2. The SMILES string of the molecule is COCCOc1ccccc1NC(=O)CCC1CCNCC1. The molecule has 5 nitrogen and oxygen atoms in total. The fourth-order valence-corrected chi connectivity index (χ4v) is 2.65. The Morgan fingerprint density at radius 1 is 1.27 bits per heavy atom. The molecular weight excluding hydrogens is 280 g/mol. The molecule has 0 aromatic heterocycles. The molecule has 0 saturated carbocycles. The molecule has 1 aromatic rings. The molecule has 0 atom stereocenters. The van der Waals surface area contributed by atoms with Gasteiger partial charge in [-0.15, -0.1) is 0 Å². The Labute approximate surface area is 132 Å². The molecule has 1 amide bonds. The summed E-state index contributed by atoms with van der Waals surface area (Å²) < 4.78 is 10.6. The van der Waals surface area contributed by atoms with Crippen LogP contribution < -0.4 is 15.4 Å². The maximum atomic E-state index is 12.1. The summed E-state index contributed by atoms with van der Waals surface area (Å²) in [6.07, 6.45) is 3.87. The first-order valence-electron chi connectivity index (χ1n) is 8.01. The summed E-state index contributed by atoms with van der Waals surface area (Å²) >= 11 is 0. The smallest absolute Gasteiger partial charge is 0.224 e. The van der Waals surface area contributed by atoms with E-state index in [9.17, 15) is 4.79 Å². The third kappa shape index (κ3) is 5.66. The molecule has 1 fully saturated rings. The Bertz CT molecular complexity index is 459. The van der Waals surface area contributed by atoms with Gasteiger partial charge in [0, 0.05) is 13.5 Å². The summed E-state index contributed by atoms with van der Waals surface area (Å²) in [6, 6.07) is 7.51. The Kier molecular flexibility index (Phi) is 7.19. The van der Waals surface area contributed by atoms with Crippen LogP contribution >= 0.6 is 0 Å². The van der Waals surface area contributed by atoms with Crippen molar-refractivity contribution < 1.29 is 14.3 Å². The first-order valence-corrected chi connectivity index (χ1v) is 8.01. The molecule has 1 aromatic carbocycles. The topological polar surface area (TPSA) is 59.6 Å².